The van der Waals surface area contributed by atoms with Gasteiger partial charge in [-0.2, -0.15) is 0 Å². The van der Waals surface area contributed by atoms with Gasteiger partial charge in [0.05, 0.1) is 11.6 Å². The second kappa shape index (κ2) is 6.66. The fourth-order valence-corrected chi connectivity index (χ4v) is 3.42. The topological polar surface area (TPSA) is 47.3 Å². The molecule has 1 atom stereocenters. The van der Waals surface area contributed by atoms with Gasteiger partial charge in [-0.1, -0.05) is 37.6 Å². The van der Waals surface area contributed by atoms with Crippen LogP contribution in [0.1, 0.15) is 45.1 Å². The van der Waals surface area contributed by atoms with E-state index in [-0.39, 0.29) is 11.6 Å². The fraction of sp³-hybridized carbons (Fsp3) is 0.647. The van der Waals surface area contributed by atoms with Crippen molar-refractivity contribution in [1.29, 1.82) is 0 Å². The maximum atomic E-state index is 5.95. The van der Waals surface area contributed by atoms with Crippen LogP contribution in [0.5, 0.6) is 0 Å². The van der Waals surface area contributed by atoms with Crippen LogP contribution in [0.4, 0.5) is 0 Å². The highest BCUT2D eigenvalue weighted by Gasteiger charge is 2.43. The zero-order valence-corrected chi connectivity index (χ0v) is 14.0. The number of hydrogen-bond acceptors (Lipinski definition) is 3. The lowest BCUT2D eigenvalue weighted by Gasteiger charge is -2.47. The molecule has 1 saturated carbocycles. The molecule has 1 aromatic carbocycles. The first-order valence-corrected chi connectivity index (χ1v) is 8.04. The van der Waals surface area contributed by atoms with Crippen molar-refractivity contribution in [3.05, 3.63) is 34.9 Å². The molecule has 3 nitrogen and oxygen atoms in total. The van der Waals surface area contributed by atoms with Gasteiger partial charge in [0.1, 0.15) is 0 Å². The summed E-state index contributed by atoms with van der Waals surface area (Å²) in [5, 5.41) is 0.761. The lowest BCUT2D eigenvalue weighted by molar-refractivity contribution is -0.0862. The van der Waals surface area contributed by atoms with E-state index in [1.807, 2.05) is 19.2 Å². The third-order valence-electron chi connectivity index (χ3n) is 5.05. The fourth-order valence-electron chi connectivity index (χ4n) is 3.30. The van der Waals surface area contributed by atoms with Crippen molar-refractivity contribution < 1.29 is 4.74 Å². The maximum Gasteiger partial charge on any atom is 0.0848 e. The molecule has 0 saturated heterocycles. The number of nitrogens with one attached hydrogen (secondary N) is 1. The van der Waals surface area contributed by atoms with Crippen LogP contribution in [0.3, 0.4) is 0 Å². The second-order valence-electron chi connectivity index (χ2n) is 6.98. The van der Waals surface area contributed by atoms with E-state index >= 15 is 0 Å². The van der Waals surface area contributed by atoms with E-state index in [1.54, 1.807) is 0 Å². The number of ether oxygens (including phenoxy) is 1. The summed E-state index contributed by atoms with van der Waals surface area (Å²) in [5.41, 5.74) is 4.45. The number of hydrogen-bond donors (Lipinski definition) is 2. The summed E-state index contributed by atoms with van der Waals surface area (Å²) in [6.45, 7) is 4.66. The summed E-state index contributed by atoms with van der Waals surface area (Å²) in [6.07, 6.45) is 5.26. The molecular formula is C17H27ClN2O. The molecule has 4 heteroatoms. The molecule has 0 aliphatic heterocycles. The molecule has 3 N–H and O–H groups in total. The summed E-state index contributed by atoms with van der Waals surface area (Å²) in [6, 6.07) is 8.08. The van der Waals surface area contributed by atoms with Crippen molar-refractivity contribution in [2.45, 2.75) is 57.6 Å². The Balaban J connectivity index is 2.12. The van der Waals surface area contributed by atoms with Crippen molar-refractivity contribution in [2.24, 2.45) is 11.3 Å². The molecular weight excluding hydrogens is 284 g/mol. The summed E-state index contributed by atoms with van der Waals surface area (Å²) >= 11 is 5.95. The van der Waals surface area contributed by atoms with Gasteiger partial charge >= 0.3 is 0 Å². The molecule has 0 bridgehead atoms. The Morgan fingerprint density at radius 3 is 2.24 bits per heavy atom. The van der Waals surface area contributed by atoms with E-state index in [0.29, 0.717) is 5.41 Å². The number of halogens is 1. The van der Waals surface area contributed by atoms with E-state index in [2.05, 4.69) is 31.4 Å². The van der Waals surface area contributed by atoms with Crippen molar-refractivity contribution >= 4 is 11.6 Å². The van der Waals surface area contributed by atoms with Crippen molar-refractivity contribution in [1.82, 2.24) is 5.43 Å². The SMILES string of the molecule is COC1(C(Cc2ccc(Cl)cc2)NN)CCC(C)(C)CC1. The average molecular weight is 311 g/mol. The first kappa shape index (κ1) is 16.8. The zero-order chi connectivity index (χ0) is 15.5. The molecule has 0 aromatic heterocycles. The molecule has 1 fully saturated rings. The number of rotatable bonds is 5. The maximum absolute atomic E-state index is 5.95. The van der Waals surface area contributed by atoms with Crippen LogP contribution in [0.15, 0.2) is 24.3 Å². The lowest BCUT2D eigenvalue weighted by Crippen LogP contribution is -2.57. The summed E-state index contributed by atoms with van der Waals surface area (Å²) in [4.78, 5) is 0. The van der Waals surface area contributed by atoms with E-state index in [1.165, 1.54) is 18.4 Å². The third-order valence-corrected chi connectivity index (χ3v) is 5.30. The number of benzene rings is 1. The molecule has 0 radical (unpaired) electrons. The Hall–Kier alpha value is -0.610. The smallest absolute Gasteiger partial charge is 0.0848 e. The Kier molecular flexibility index (Phi) is 5.31. The molecule has 0 heterocycles. The van der Waals surface area contributed by atoms with Gasteiger partial charge in [0.2, 0.25) is 0 Å². The van der Waals surface area contributed by atoms with Crippen LogP contribution in [-0.4, -0.2) is 18.8 Å². The molecule has 1 aliphatic carbocycles. The number of nitrogens with two attached hydrogens (primary N) is 1. The Morgan fingerprint density at radius 1 is 1.19 bits per heavy atom. The number of methoxy groups -OCH3 is 1. The van der Waals surface area contributed by atoms with Gasteiger partial charge in [-0.25, -0.2) is 0 Å². The van der Waals surface area contributed by atoms with Crippen molar-refractivity contribution in [3.8, 4) is 0 Å². The molecule has 118 valence electrons. The molecule has 1 aromatic rings. The van der Waals surface area contributed by atoms with Crippen LogP contribution >= 0.6 is 11.6 Å². The van der Waals surface area contributed by atoms with Gasteiger partial charge in [0.25, 0.3) is 0 Å². The minimum Gasteiger partial charge on any atom is -0.377 e. The number of hydrazine groups is 1. The summed E-state index contributed by atoms with van der Waals surface area (Å²) in [5.74, 6) is 5.85. The molecule has 21 heavy (non-hydrogen) atoms. The average Bonchev–Trinajstić information content (AvgIpc) is 2.48. The highest BCUT2D eigenvalue weighted by atomic mass is 35.5. The van der Waals surface area contributed by atoms with Gasteiger partial charge in [-0.3, -0.25) is 11.3 Å². The van der Waals surface area contributed by atoms with E-state index in [4.69, 9.17) is 22.2 Å². The molecule has 0 spiro atoms. The predicted octanol–water partition coefficient (Wildman–Crippen LogP) is 3.70. The monoisotopic (exact) mass is 310 g/mol. The van der Waals surface area contributed by atoms with Gasteiger partial charge in [0, 0.05) is 12.1 Å². The van der Waals surface area contributed by atoms with E-state index in [9.17, 15) is 0 Å². The second-order valence-corrected chi connectivity index (χ2v) is 7.42. The van der Waals surface area contributed by atoms with Crippen molar-refractivity contribution in [2.75, 3.05) is 7.11 Å². The van der Waals surface area contributed by atoms with Gasteiger partial charge in [0.15, 0.2) is 0 Å². The first-order valence-electron chi connectivity index (χ1n) is 7.66. The third kappa shape index (κ3) is 3.98. The van der Waals surface area contributed by atoms with Crippen molar-refractivity contribution in [3.63, 3.8) is 0 Å². The highest BCUT2D eigenvalue weighted by Crippen LogP contribution is 2.43. The Labute approximate surface area is 133 Å². The van der Waals surface area contributed by atoms with Gasteiger partial charge < -0.3 is 4.74 Å². The van der Waals surface area contributed by atoms with E-state index < -0.39 is 0 Å². The minimum absolute atomic E-state index is 0.111. The first-order chi connectivity index (χ1) is 9.91. The Bertz CT molecular complexity index is 448. The van der Waals surface area contributed by atoms with Crippen LogP contribution in [-0.2, 0) is 11.2 Å². The lowest BCUT2D eigenvalue weighted by atomic mass is 9.67. The normalized spacial score (nSPS) is 22.0. The quantitative estimate of drug-likeness (QED) is 0.644. The highest BCUT2D eigenvalue weighted by molar-refractivity contribution is 6.30. The van der Waals surface area contributed by atoms with Crippen LogP contribution in [0, 0.1) is 5.41 Å². The summed E-state index contributed by atoms with van der Waals surface area (Å²) < 4.78 is 5.95. The standard InChI is InChI=1S/C17H27ClN2O/c1-16(2)8-10-17(21-3,11-9-16)15(20-19)12-13-4-6-14(18)7-5-13/h4-7,15,20H,8-12,19H2,1-3H3. The summed E-state index contributed by atoms with van der Waals surface area (Å²) in [7, 11) is 1.81. The minimum atomic E-state index is -0.177. The van der Waals surface area contributed by atoms with Crippen LogP contribution in [0.25, 0.3) is 0 Å². The molecule has 2 rings (SSSR count). The van der Waals surface area contributed by atoms with Crippen LogP contribution < -0.4 is 11.3 Å². The van der Waals surface area contributed by atoms with Gasteiger partial charge in [-0.05, 0) is 55.2 Å². The molecule has 1 unspecified atom stereocenters. The van der Waals surface area contributed by atoms with E-state index in [0.717, 1.165) is 24.3 Å². The van der Waals surface area contributed by atoms with Gasteiger partial charge in [-0.15, -0.1) is 0 Å². The van der Waals surface area contributed by atoms with Crippen LogP contribution in [0.2, 0.25) is 5.02 Å². The largest absolute Gasteiger partial charge is 0.377 e. The molecule has 1 aliphatic rings. The zero-order valence-electron chi connectivity index (χ0n) is 13.3. The molecule has 0 amide bonds. The predicted molar refractivity (Wildman–Crippen MR) is 88.3 cm³/mol. The Morgan fingerprint density at radius 2 is 1.76 bits per heavy atom.